The molecule has 0 bridgehead atoms. The molecule has 5 heterocycles. The Labute approximate surface area is 783 Å². The molecule has 5 aliphatic heterocycles. The number of fused-ring (bicyclic) bond motifs is 13. The first-order chi connectivity index (χ1) is 62.1. The molecular formula is C113H107Cl2N5S5Si2. The van der Waals surface area contributed by atoms with E-state index in [-0.39, 0.29) is 0 Å². The van der Waals surface area contributed by atoms with Gasteiger partial charge in [0.05, 0.1) is 28.3 Å². The summed E-state index contributed by atoms with van der Waals surface area (Å²) in [5.74, 6) is 5.23. The average molecular weight is 1820 g/mol. The first kappa shape index (κ1) is 85.7. The van der Waals surface area contributed by atoms with Crippen molar-refractivity contribution >= 4 is 201 Å². The minimum absolute atomic E-state index is 0.703. The second-order valence-electron chi connectivity index (χ2n) is 36.1. The van der Waals surface area contributed by atoms with Crippen LogP contribution in [0.1, 0.15) is 85.6 Å². The van der Waals surface area contributed by atoms with Gasteiger partial charge in [-0.2, -0.15) is 0 Å². The minimum atomic E-state index is -1.56. The van der Waals surface area contributed by atoms with Crippen molar-refractivity contribution in [1.82, 2.24) is 9.13 Å². The lowest BCUT2D eigenvalue weighted by Crippen LogP contribution is -2.63. The van der Waals surface area contributed by atoms with Crippen LogP contribution < -0.4 is 25.1 Å². The topological polar surface area (TPSA) is 16.2 Å². The molecule has 0 spiro atoms. The molecule has 0 unspecified atom stereocenters. The van der Waals surface area contributed by atoms with Crippen molar-refractivity contribution in [3.05, 3.63) is 359 Å². The lowest BCUT2D eigenvalue weighted by atomic mass is 9.90. The zero-order chi connectivity index (χ0) is 86.3. The van der Waals surface area contributed by atoms with Gasteiger partial charge in [0.15, 0.2) is 16.5 Å². The van der Waals surface area contributed by atoms with E-state index >= 15 is 0 Å². The Hall–Kier alpha value is -9.36. The molecule has 14 heteroatoms. The summed E-state index contributed by atoms with van der Waals surface area (Å²) in [5, 5.41) is 23.7. The van der Waals surface area contributed by atoms with Gasteiger partial charge in [0.25, 0.3) is 0 Å². The number of anilines is 3. The van der Waals surface area contributed by atoms with Gasteiger partial charge in [-0.15, -0.1) is 58.8 Å². The number of benzene rings is 17. The van der Waals surface area contributed by atoms with Gasteiger partial charge < -0.3 is 23.8 Å². The van der Waals surface area contributed by atoms with E-state index in [1.807, 2.05) is 41.7 Å². The summed E-state index contributed by atoms with van der Waals surface area (Å²) in [6, 6.07) is 119. The highest BCUT2D eigenvalue weighted by Gasteiger charge is 2.44. The molecule has 0 saturated heterocycles. The van der Waals surface area contributed by atoms with Gasteiger partial charge in [-0.05, 0) is 214 Å². The zero-order valence-electron chi connectivity index (χ0n) is 73.3. The van der Waals surface area contributed by atoms with Crippen LogP contribution in [0.25, 0.3) is 97.7 Å². The van der Waals surface area contributed by atoms with Crippen molar-refractivity contribution in [3.63, 3.8) is 0 Å². The number of nitrogens with zero attached hydrogens (tertiary/aromatic N) is 5. The quantitative estimate of drug-likeness (QED) is 0.113. The Bertz CT molecular complexity index is 6850. The third kappa shape index (κ3) is 17.7. The van der Waals surface area contributed by atoms with Crippen LogP contribution in [0.4, 0.5) is 17.1 Å². The number of hydrogen-bond donors (Lipinski definition) is 0. The van der Waals surface area contributed by atoms with E-state index in [1.165, 1.54) is 222 Å². The van der Waals surface area contributed by atoms with E-state index in [2.05, 4.69) is 391 Å². The highest BCUT2D eigenvalue weighted by Crippen LogP contribution is 2.50. The second-order valence-corrected chi connectivity index (χ2v) is 50.2. The van der Waals surface area contributed by atoms with Crippen LogP contribution in [0.3, 0.4) is 0 Å². The van der Waals surface area contributed by atoms with Gasteiger partial charge in [-0.3, -0.25) is 0 Å². The van der Waals surface area contributed by atoms with Crippen LogP contribution in [0, 0.1) is 13.8 Å². The van der Waals surface area contributed by atoms with E-state index in [4.69, 9.17) is 23.2 Å². The third-order valence-electron chi connectivity index (χ3n) is 27.3. The molecule has 636 valence electrons. The van der Waals surface area contributed by atoms with Crippen LogP contribution in [0.15, 0.2) is 346 Å². The van der Waals surface area contributed by atoms with Crippen LogP contribution in [-0.2, 0) is 19.6 Å². The molecule has 17 aromatic carbocycles. The molecule has 5 nitrogen and oxygen atoms in total. The predicted molar refractivity (Wildman–Crippen MR) is 564 cm³/mol. The summed E-state index contributed by atoms with van der Waals surface area (Å²) in [5.41, 5.74) is 16.0. The smallest absolute Gasteiger partial charge is 0.157 e. The molecule has 0 aromatic heterocycles. The Morgan fingerprint density at radius 3 is 1.29 bits per heavy atom. The summed E-state index contributed by atoms with van der Waals surface area (Å²) >= 11 is 22.1. The number of para-hydroxylation sites is 2. The summed E-state index contributed by atoms with van der Waals surface area (Å²) < 4.78 is 5.81. The summed E-state index contributed by atoms with van der Waals surface area (Å²) in [4.78, 5) is 14.5. The molecule has 0 atom stereocenters. The number of halogens is 2. The van der Waals surface area contributed by atoms with Gasteiger partial charge >= 0.3 is 0 Å². The van der Waals surface area contributed by atoms with Crippen molar-refractivity contribution in [2.45, 2.75) is 154 Å². The molecule has 2 fully saturated rings. The lowest BCUT2D eigenvalue weighted by molar-refractivity contribution is 0.274. The Kier molecular flexibility index (Phi) is 25.4. The summed E-state index contributed by atoms with van der Waals surface area (Å²) in [6.45, 7) is 17.4. The van der Waals surface area contributed by atoms with Gasteiger partial charge in [0.2, 0.25) is 0 Å². The SMILES string of the molecule is C[Si]1(C)c2c(ccc3ccccc23)SCN1C1CCCC1.C[Si]1(C)c2cc3ccccc3cc2SCN1C1CCCCC1.Cc1cc2c(c(-c3c4ccccc4cc4ccccc34)c1)SCN(c1c3ccccc3cc3ccccc13)C2.Cc1cc2c(c(-c3cccc4ccccc34)c1)SCN(c1ccccc1)C2.Clc1cc(Cl)c2c(c1)CN(c1ccccc1)CS2. The zero-order valence-corrected chi connectivity index (χ0v) is 80.9. The van der Waals surface area contributed by atoms with Gasteiger partial charge in [-0.25, -0.2) is 0 Å². The molecule has 0 N–H and O–H groups in total. The van der Waals surface area contributed by atoms with E-state index < -0.39 is 16.5 Å². The van der Waals surface area contributed by atoms with E-state index in [0.29, 0.717) is 5.02 Å². The number of hydrogen-bond acceptors (Lipinski definition) is 10. The highest BCUT2D eigenvalue weighted by molar-refractivity contribution is 8.00. The molecule has 7 aliphatic rings. The van der Waals surface area contributed by atoms with Gasteiger partial charge in [-0.1, -0.05) is 353 Å². The highest BCUT2D eigenvalue weighted by atomic mass is 35.5. The average Bonchev–Trinajstić information content (AvgIpc) is 0.858. The van der Waals surface area contributed by atoms with E-state index in [0.717, 1.165) is 59.3 Å². The van der Waals surface area contributed by atoms with E-state index in [1.54, 1.807) is 31.9 Å². The van der Waals surface area contributed by atoms with Crippen molar-refractivity contribution in [2.24, 2.45) is 0 Å². The van der Waals surface area contributed by atoms with Crippen molar-refractivity contribution in [3.8, 4) is 22.3 Å². The van der Waals surface area contributed by atoms with Crippen LogP contribution in [-0.4, -0.2) is 67.1 Å². The summed E-state index contributed by atoms with van der Waals surface area (Å²) in [6.07, 6.45) is 12.8. The lowest BCUT2D eigenvalue weighted by Gasteiger charge is -2.47. The maximum absolute atomic E-state index is 6.22. The normalized spacial score (nSPS) is 16.7. The first-order valence-electron chi connectivity index (χ1n) is 45.2. The fourth-order valence-corrected chi connectivity index (χ4v) is 37.5. The molecule has 17 aromatic rings. The number of aryl methyl sites for hydroxylation is 2. The van der Waals surface area contributed by atoms with Crippen LogP contribution in [0.5, 0.6) is 0 Å². The Balaban J connectivity index is 0.000000103. The third-order valence-corrected chi connectivity index (χ3v) is 41.9. The van der Waals surface area contributed by atoms with Crippen molar-refractivity contribution in [1.29, 1.82) is 0 Å². The maximum atomic E-state index is 6.22. The maximum Gasteiger partial charge on any atom is 0.157 e. The Morgan fingerprint density at radius 1 is 0.299 bits per heavy atom. The molecule has 2 aliphatic carbocycles. The molecule has 127 heavy (non-hydrogen) atoms. The second kappa shape index (κ2) is 37.6. The fraction of sp³-hybridized carbons (Fsp3) is 0.221. The molecular weight excluding hydrogens is 1710 g/mol. The molecule has 2 saturated carbocycles. The van der Waals surface area contributed by atoms with Gasteiger partial charge in [0, 0.05) is 95.1 Å². The van der Waals surface area contributed by atoms with E-state index in [9.17, 15) is 0 Å². The Morgan fingerprint density at radius 2 is 0.717 bits per heavy atom. The first-order valence-corrected chi connectivity index (χ1v) is 56.8. The van der Waals surface area contributed by atoms with Gasteiger partial charge in [0.1, 0.15) is 0 Å². The summed E-state index contributed by atoms with van der Waals surface area (Å²) in [7, 11) is -3.09. The minimum Gasteiger partial charge on any atom is -0.358 e. The van der Waals surface area contributed by atoms with Crippen LogP contribution in [0.2, 0.25) is 36.2 Å². The van der Waals surface area contributed by atoms with Crippen molar-refractivity contribution in [2.75, 3.05) is 44.1 Å². The fourth-order valence-electron chi connectivity index (χ4n) is 21.0. The number of thioether (sulfide) groups is 5. The number of rotatable bonds is 7. The standard InChI is InChI=1S/C37H27NS.C25H21NS.C19H25NSSi.C18H23NSSi.C14H11Cl2NS/c1-24-18-29-22-38(36-32-16-8-4-12-27(32)21-28-13-5-9-17-33(28)36)23-39-37(29)34(19-24)35-30-14-6-2-10-25(30)20-26-11-3-7-15-31(26)35;1-18-14-20-16-26(21-10-3-2-4-11-21)17-27-25(20)24(15-18)23-13-7-9-19-8-5-6-12-22(19)23;1-22(2)19-13-16-9-7-6-8-15(16)12-18(19)21-14-20(22)17-10-4-3-5-11-17;1-21(2)18-16-10-6-3-7-14(16)11-12-17(18)20-13-19(21)15-8-4-5-9-15;15-11-6-10-8-17(12-4-2-1-3-5-12)9-18-14(10)13(16)7-11/h2-21H,22-23H2,1H3;2-15H,16-17H2,1H3;6-9,12-13,17H,3-5,10-11,14H2,1-2H3;3,6-7,10-12,15H,4-5,8-9,13H2,1-2H3;1-7H,8-9H2. The van der Waals surface area contributed by atoms with Crippen LogP contribution >= 0.6 is 82.0 Å². The largest absolute Gasteiger partial charge is 0.358 e. The molecule has 24 rings (SSSR count). The van der Waals surface area contributed by atoms with Crippen molar-refractivity contribution < 1.29 is 0 Å². The predicted octanol–water partition coefficient (Wildman–Crippen LogP) is 31.8. The molecule has 0 radical (unpaired) electrons. The molecule has 0 amide bonds. The monoisotopic (exact) mass is 1820 g/mol.